The molecule has 1 aliphatic rings. The molecule has 96 valence electrons. The van der Waals surface area contributed by atoms with E-state index in [1.807, 2.05) is 6.92 Å². The van der Waals surface area contributed by atoms with Crippen molar-refractivity contribution in [2.75, 3.05) is 6.54 Å². The number of carbonyl (C=O) groups excluding carboxylic acids is 1. The molecule has 1 aromatic rings. The summed E-state index contributed by atoms with van der Waals surface area (Å²) in [6, 6.07) is 6.62. The molecule has 0 spiro atoms. The van der Waals surface area contributed by atoms with E-state index in [0.29, 0.717) is 17.1 Å². The Morgan fingerprint density at radius 3 is 2.72 bits per heavy atom. The summed E-state index contributed by atoms with van der Waals surface area (Å²) in [5.74, 6) is -1.81. The number of carboxylic acids is 1. The van der Waals surface area contributed by atoms with Crippen molar-refractivity contribution in [3.05, 3.63) is 34.9 Å². The van der Waals surface area contributed by atoms with Crippen molar-refractivity contribution in [1.82, 2.24) is 4.90 Å². The van der Waals surface area contributed by atoms with Crippen LogP contribution in [-0.2, 0) is 9.59 Å². The zero-order valence-electron chi connectivity index (χ0n) is 9.97. The van der Waals surface area contributed by atoms with Crippen molar-refractivity contribution in [3.63, 3.8) is 0 Å². The van der Waals surface area contributed by atoms with Gasteiger partial charge in [0.25, 0.3) is 0 Å². The smallest absolute Gasteiger partial charge is 0.309 e. The van der Waals surface area contributed by atoms with Gasteiger partial charge in [-0.1, -0.05) is 29.8 Å². The van der Waals surface area contributed by atoms with E-state index in [0.717, 1.165) is 0 Å². The van der Waals surface area contributed by atoms with Crippen LogP contribution in [0.1, 0.15) is 24.9 Å². The van der Waals surface area contributed by atoms with Gasteiger partial charge >= 0.3 is 5.97 Å². The lowest BCUT2D eigenvalue weighted by Crippen LogP contribution is -2.30. The Labute approximate surface area is 110 Å². The highest BCUT2D eigenvalue weighted by Gasteiger charge is 2.44. The van der Waals surface area contributed by atoms with Crippen LogP contribution in [0.4, 0.5) is 0 Å². The van der Waals surface area contributed by atoms with E-state index in [1.165, 1.54) is 0 Å². The van der Waals surface area contributed by atoms with E-state index in [4.69, 9.17) is 11.6 Å². The molecule has 0 aliphatic carbocycles. The maximum absolute atomic E-state index is 11.8. The Bertz CT molecular complexity index is 489. The molecule has 1 N–H and O–H groups in total. The van der Waals surface area contributed by atoms with Crippen LogP contribution in [0, 0.1) is 5.92 Å². The van der Waals surface area contributed by atoms with Gasteiger partial charge in [-0.25, -0.2) is 0 Å². The number of nitrogens with zero attached hydrogens (tertiary/aromatic N) is 1. The number of rotatable bonds is 3. The zero-order chi connectivity index (χ0) is 13.3. The summed E-state index contributed by atoms with van der Waals surface area (Å²) >= 11 is 6.11. The van der Waals surface area contributed by atoms with Crippen LogP contribution in [0.5, 0.6) is 0 Å². The molecular formula is C13H14ClNO3. The summed E-state index contributed by atoms with van der Waals surface area (Å²) in [4.78, 5) is 24.7. The van der Waals surface area contributed by atoms with Crippen LogP contribution in [0.2, 0.25) is 5.02 Å². The fourth-order valence-corrected chi connectivity index (χ4v) is 2.73. The summed E-state index contributed by atoms with van der Waals surface area (Å²) in [7, 11) is 0. The molecule has 5 heteroatoms. The van der Waals surface area contributed by atoms with Crippen LogP contribution < -0.4 is 0 Å². The summed E-state index contributed by atoms with van der Waals surface area (Å²) in [6.45, 7) is 2.32. The number of carboxylic acid groups (broad SMARTS) is 1. The first-order valence-electron chi connectivity index (χ1n) is 5.83. The van der Waals surface area contributed by atoms with Gasteiger partial charge in [0.05, 0.1) is 12.0 Å². The van der Waals surface area contributed by atoms with E-state index in [2.05, 4.69) is 0 Å². The van der Waals surface area contributed by atoms with Gasteiger partial charge in [0, 0.05) is 18.0 Å². The number of carbonyl (C=O) groups is 2. The highest BCUT2D eigenvalue weighted by atomic mass is 35.5. The molecule has 2 atom stereocenters. The third-order valence-electron chi connectivity index (χ3n) is 3.31. The van der Waals surface area contributed by atoms with Crippen LogP contribution >= 0.6 is 11.6 Å². The molecule has 2 rings (SSSR count). The predicted octanol–water partition coefficient (Wildman–Crippen LogP) is 2.33. The molecule has 0 unspecified atom stereocenters. The highest BCUT2D eigenvalue weighted by Crippen LogP contribution is 2.40. The molecule has 0 bridgehead atoms. The van der Waals surface area contributed by atoms with Crippen LogP contribution in [0.15, 0.2) is 24.3 Å². The molecular weight excluding hydrogens is 254 g/mol. The van der Waals surface area contributed by atoms with E-state index in [1.54, 1.807) is 29.2 Å². The lowest BCUT2D eigenvalue weighted by atomic mass is 9.93. The molecule has 1 amide bonds. The van der Waals surface area contributed by atoms with Gasteiger partial charge in [0.2, 0.25) is 5.91 Å². The molecule has 0 radical (unpaired) electrons. The second-order valence-corrected chi connectivity index (χ2v) is 4.70. The number of benzene rings is 1. The van der Waals surface area contributed by atoms with Gasteiger partial charge in [-0.05, 0) is 18.6 Å². The van der Waals surface area contributed by atoms with Crippen LogP contribution in [-0.4, -0.2) is 28.4 Å². The lowest BCUT2D eigenvalue weighted by Gasteiger charge is -2.26. The Morgan fingerprint density at radius 2 is 2.17 bits per heavy atom. The highest BCUT2D eigenvalue weighted by molar-refractivity contribution is 6.31. The van der Waals surface area contributed by atoms with Gasteiger partial charge in [-0.15, -0.1) is 0 Å². The van der Waals surface area contributed by atoms with Crippen molar-refractivity contribution >= 4 is 23.5 Å². The van der Waals surface area contributed by atoms with Crippen molar-refractivity contribution in [2.24, 2.45) is 5.92 Å². The molecule has 18 heavy (non-hydrogen) atoms. The average molecular weight is 268 g/mol. The predicted molar refractivity (Wildman–Crippen MR) is 67.3 cm³/mol. The van der Waals surface area contributed by atoms with Gasteiger partial charge in [-0.2, -0.15) is 0 Å². The Hall–Kier alpha value is -1.55. The standard InChI is InChI=1S/C13H14ClNO3/c1-2-15-11(16)7-9(13(17)18)12(15)8-5-3-4-6-10(8)14/h3-6,9,12H,2,7H2,1H3,(H,17,18)/t9-,12-/m1/s1. The topological polar surface area (TPSA) is 57.6 Å². The van der Waals surface area contributed by atoms with Gasteiger partial charge in [0.1, 0.15) is 0 Å². The quantitative estimate of drug-likeness (QED) is 0.914. The normalized spacial score (nSPS) is 23.4. The lowest BCUT2D eigenvalue weighted by molar-refractivity contribution is -0.142. The first kappa shape index (κ1) is 12.9. The van der Waals surface area contributed by atoms with E-state index in [9.17, 15) is 14.7 Å². The van der Waals surface area contributed by atoms with Crippen molar-refractivity contribution in [1.29, 1.82) is 0 Å². The molecule has 0 aromatic heterocycles. The van der Waals surface area contributed by atoms with Gasteiger partial charge in [0.15, 0.2) is 0 Å². The largest absolute Gasteiger partial charge is 0.481 e. The summed E-state index contributed by atoms with van der Waals surface area (Å²) in [6.07, 6.45) is 0.0407. The van der Waals surface area contributed by atoms with Gasteiger partial charge < -0.3 is 10.0 Å². The van der Waals surface area contributed by atoms with E-state index < -0.39 is 17.9 Å². The maximum Gasteiger partial charge on any atom is 0.309 e. The maximum atomic E-state index is 11.8. The molecule has 1 fully saturated rings. The minimum absolute atomic E-state index is 0.0407. The molecule has 4 nitrogen and oxygen atoms in total. The molecule has 0 saturated carbocycles. The van der Waals surface area contributed by atoms with E-state index in [-0.39, 0.29) is 12.3 Å². The second-order valence-electron chi connectivity index (χ2n) is 4.29. The van der Waals surface area contributed by atoms with Gasteiger partial charge in [-0.3, -0.25) is 9.59 Å². The summed E-state index contributed by atoms with van der Waals surface area (Å²) in [5.41, 5.74) is 0.708. The third-order valence-corrected chi connectivity index (χ3v) is 3.66. The molecule has 1 aliphatic heterocycles. The van der Waals surface area contributed by atoms with Crippen LogP contribution in [0.3, 0.4) is 0 Å². The first-order chi connectivity index (χ1) is 8.56. The van der Waals surface area contributed by atoms with Crippen molar-refractivity contribution in [3.8, 4) is 0 Å². The fourth-order valence-electron chi connectivity index (χ4n) is 2.48. The number of halogens is 1. The summed E-state index contributed by atoms with van der Waals surface area (Å²) < 4.78 is 0. The van der Waals surface area contributed by atoms with Crippen molar-refractivity contribution in [2.45, 2.75) is 19.4 Å². The number of likely N-dealkylation sites (tertiary alicyclic amines) is 1. The SMILES string of the molecule is CCN1C(=O)C[C@@H](C(=O)O)[C@H]1c1ccccc1Cl. The summed E-state index contributed by atoms with van der Waals surface area (Å²) in [5, 5.41) is 9.75. The minimum atomic E-state index is -0.954. The second kappa shape index (κ2) is 4.98. The number of amides is 1. The zero-order valence-corrected chi connectivity index (χ0v) is 10.7. The fraction of sp³-hybridized carbons (Fsp3) is 0.385. The van der Waals surface area contributed by atoms with E-state index >= 15 is 0 Å². The number of hydrogen-bond donors (Lipinski definition) is 1. The monoisotopic (exact) mass is 267 g/mol. The molecule has 1 heterocycles. The minimum Gasteiger partial charge on any atom is -0.481 e. The third kappa shape index (κ3) is 2.08. The Morgan fingerprint density at radius 1 is 1.50 bits per heavy atom. The average Bonchev–Trinajstić information content (AvgIpc) is 2.67. The first-order valence-corrected chi connectivity index (χ1v) is 6.20. The number of hydrogen-bond acceptors (Lipinski definition) is 2. The van der Waals surface area contributed by atoms with Crippen molar-refractivity contribution < 1.29 is 14.7 Å². The number of aliphatic carboxylic acids is 1. The molecule has 1 saturated heterocycles. The Kier molecular flexibility index (Phi) is 3.57. The molecule has 1 aromatic carbocycles. The van der Waals surface area contributed by atoms with Crippen LogP contribution in [0.25, 0.3) is 0 Å². The Balaban J connectivity index is 2.46.